The highest BCUT2D eigenvalue weighted by molar-refractivity contribution is 5.92. The molecule has 1 atom stereocenters. The molecule has 1 heterocycles. The minimum atomic E-state index is -1.27. The molecule has 0 amide bonds. The fraction of sp³-hybridized carbons (Fsp3) is 0.267. The van der Waals surface area contributed by atoms with Crippen molar-refractivity contribution in [2.45, 2.75) is 25.4 Å². The smallest absolute Gasteiger partial charge is 0.166 e. The van der Waals surface area contributed by atoms with Crippen LogP contribution in [-0.4, -0.2) is 36.2 Å². The molecule has 0 saturated carbocycles. The molecule has 6 heteroatoms. The maximum absolute atomic E-state index is 14.8. The molecule has 1 aliphatic heterocycles. The molecule has 1 fully saturated rings. The second kappa shape index (κ2) is 10.7. The molecule has 0 spiro atoms. The summed E-state index contributed by atoms with van der Waals surface area (Å²) >= 11 is 0. The number of aliphatic hydroxyl groups excluding tert-OH is 1. The largest absolute Gasteiger partial charge is 0.492 e. The summed E-state index contributed by atoms with van der Waals surface area (Å²) in [4.78, 5) is 2.40. The van der Waals surface area contributed by atoms with Crippen LogP contribution in [0.1, 0.15) is 36.5 Å². The third-order valence-electron chi connectivity index (χ3n) is 6.85. The number of piperidine rings is 1. The number of aliphatic hydroxyl groups is 1. The number of hydrogen-bond acceptors (Lipinski definition) is 3. The molecule has 186 valence electrons. The lowest BCUT2D eigenvalue weighted by Crippen LogP contribution is -2.33. The quantitative estimate of drug-likeness (QED) is 0.286. The van der Waals surface area contributed by atoms with Crippen LogP contribution in [0.4, 0.5) is 13.2 Å². The highest BCUT2D eigenvalue weighted by Gasteiger charge is 2.23. The van der Waals surface area contributed by atoms with Crippen molar-refractivity contribution in [1.29, 1.82) is 0 Å². The Morgan fingerprint density at radius 3 is 2.36 bits per heavy atom. The Bertz CT molecular complexity index is 1350. The van der Waals surface area contributed by atoms with E-state index in [1.54, 1.807) is 36.4 Å². The maximum Gasteiger partial charge on any atom is 0.166 e. The van der Waals surface area contributed by atoms with Gasteiger partial charge in [-0.2, -0.15) is 0 Å². The van der Waals surface area contributed by atoms with E-state index in [0.717, 1.165) is 31.1 Å². The molecule has 1 N–H and O–H groups in total. The lowest BCUT2D eigenvalue weighted by Gasteiger charge is -2.26. The van der Waals surface area contributed by atoms with E-state index in [2.05, 4.69) is 4.90 Å². The Morgan fingerprint density at radius 2 is 1.58 bits per heavy atom. The third-order valence-corrected chi connectivity index (χ3v) is 6.85. The van der Waals surface area contributed by atoms with E-state index in [1.165, 1.54) is 19.3 Å². The topological polar surface area (TPSA) is 32.7 Å². The zero-order valence-corrected chi connectivity index (χ0v) is 19.9. The Labute approximate surface area is 208 Å². The van der Waals surface area contributed by atoms with Crippen LogP contribution >= 0.6 is 0 Å². The van der Waals surface area contributed by atoms with Crippen LogP contribution < -0.4 is 4.74 Å². The summed E-state index contributed by atoms with van der Waals surface area (Å²) in [5, 5.41) is 12.9. The number of halogens is 3. The molecular formula is C30H28F3NO2. The van der Waals surface area contributed by atoms with Gasteiger partial charge in [0.25, 0.3) is 0 Å². The van der Waals surface area contributed by atoms with Crippen molar-refractivity contribution < 1.29 is 23.0 Å². The van der Waals surface area contributed by atoms with E-state index < -0.39 is 23.6 Å². The second-order valence-corrected chi connectivity index (χ2v) is 9.22. The first kappa shape index (κ1) is 24.3. The summed E-state index contributed by atoms with van der Waals surface area (Å²) in [5.41, 5.74) is 0.952. The van der Waals surface area contributed by atoms with Crippen molar-refractivity contribution in [3.63, 3.8) is 0 Å². The fourth-order valence-electron chi connectivity index (χ4n) is 4.97. The van der Waals surface area contributed by atoms with Gasteiger partial charge in [0.05, 0.1) is 0 Å². The predicted octanol–water partition coefficient (Wildman–Crippen LogP) is 6.87. The molecule has 0 aromatic heterocycles. The van der Waals surface area contributed by atoms with Crippen LogP contribution in [0.5, 0.6) is 5.75 Å². The molecule has 3 nitrogen and oxygen atoms in total. The van der Waals surface area contributed by atoms with Gasteiger partial charge >= 0.3 is 0 Å². The van der Waals surface area contributed by atoms with Crippen LogP contribution in [0.2, 0.25) is 0 Å². The van der Waals surface area contributed by atoms with Crippen molar-refractivity contribution in [2.24, 2.45) is 0 Å². The van der Waals surface area contributed by atoms with Crippen LogP contribution in [0.3, 0.4) is 0 Å². The van der Waals surface area contributed by atoms with E-state index in [0.29, 0.717) is 34.9 Å². The summed E-state index contributed by atoms with van der Waals surface area (Å²) in [6, 6.07) is 19.3. The van der Waals surface area contributed by atoms with Gasteiger partial charge in [0.15, 0.2) is 11.6 Å². The van der Waals surface area contributed by atoms with Gasteiger partial charge in [-0.3, -0.25) is 4.90 Å². The lowest BCUT2D eigenvalue weighted by molar-refractivity contribution is 0.183. The van der Waals surface area contributed by atoms with Crippen LogP contribution in [0.25, 0.3) is 21.9 Å². The summed E-state index contributed by atoms with van der Waals surface area (Å²) in [7, 11) is 0. The van der Waals surface area contributed by atoms with Gasteiger partial charge in [-0.15, -0.1) is 0 Å². The van der Waals surface area contributed by atoms with Crippen LogP contribution in [0.15, 0.2) is 72.8 Å². The average Bonchev–Trinajstić information content (AvgIpc) is 2.91. The molecular weight excluding hydrogens is 463 g/mol. The van der Waals surface area contributed by atoms with E-state index in [9.17, 15) is 18.3 Å². The van der Waals surface area contributed by atoms with E-state index >= 15 is 0 Å². The summed E-state index contributed by atoms with van der Waals surface area (Å²) in [5.74, 6) is -2.62. The number of likely N-dealkylation sites (tertiary alicyclic amines) is 1. The van der Waals surface area contributed by atoms with Gasteiger partial charge in [0.1, 0.15) is 24.3 Å². The lowest BCUT2D eigenvalue weighted by atomic mass is 9.88. The molecule has 0 radical (unpaired) electrons. The number of benzene rings is 4. The van der Waals surface area contributed by atoms with E-state index in [-0.39, 0.29) is 11.1 Å². The molecule has 0 aliphatic carbocycles. The highest BCUT2D eigenvalue weighted by Crippen LogP contribution is 2.39. The van der Waals surface area contributed by atoms with Crippen molar-refractivity contribution in [2.75, 3.05) is 26.2 Å². The van der Waals surface area contributed by atoms with Gasteiger partial charge in [-0.25, -0.2) is 13.2 Å². The number of hydrogen-bond donors (Lipinski definition) is 1. The first-order valence-electron chi connectivity index (χ1n) is 12.3. The summed E-state index contributed by atoms with van der Waals surface area (Å²) in [6.45, 7) is 3.68. The SMILES string of the molecule is OC(c1ccc(OCCN2CCCCC2)cc1)c1c(-c2cc(F)cc(F)c2F)ccc2ccccc12. The normalized spacial score (nSPS) is 15.2. The second-order valence-electron chi connectivity index (χ2n) is 9.22. The summed E-state index contributed by atoms with van der Waals surface area (Å²) < 4.78 is 48.8. The van der Waals surface area contributed by atoms with Crippen molar-refractivity contribution in [3.8, 4) is 16.9 Å². The van der Waals surface area contributed by atoms with Crippen molar-refractivity contribution >= 4 is 10.8 Å². The standard InChI is InChI=1S/C30H28F3NO2/c31-22-18-26(29(33)27(32)19-22)25-13-10-20-6-2-3-7-24(20)28(25)30(35)21-8-11-23(12-9-21)36-17-16-34-14-4-1-5-15-34/h2-3,6-13,18-19,30,35H,1,4-5,14-17H2. The van der Waals surface area contributed by atoms with Crippen molar-refractivity contribution in [3.05, 3.63) is 101 Å². The molecule has 36 heavy (non-hydrogen) atoms. The van der Waals surface area contributed by atoms with Crippen molar-refractivity contribution in [1.82, 2.24) is 4.90 Å². The Balaban J connectivity index is 1.45. The van der Waals surface area contributed by atoms with Gasteiger partial charge < -0.3 is 9.84 Å². The van der Waals surface area contributed by atoms with E-state index in [1.807, 2.05) is 24.3 Å². The van der Waals surface area contributed by atoms with Gasteiger partial charge in [0, 0.05) is 23.7 Å². The molecule has 1 unspecified atom stereocenters. The number of nitrogens with zero attached hydrogens (tertiary/aromatic N) is 1. The summed E-state index contributed by atoms with van der Waals surface area (Å²) in [6.07, 6.45) is 2.60. The third kappa shape index (κ3) is 5.11. The predicted molar refractivity (Wildman–Crippen MR) is 136 cm³/mol. The van der Waals surface area contributed by atoms with Crippen LogP contribution in [-0.2, 0) is 0 Å². The molecule has 0 bridgehead atoms. The van der Waals surface area contributed by atoms with E-state index in [4.69, 9.17) is 4.74 Å². The van der Waals surface area contributed by atoms with Gasteiger partial charge in [0.2, 0.25) is 0 Å². The van der Waals surface area contributed by atoms with Gasteiger partial charge in [-0.1, -0.05) is 55.0 Å². The van der Waals surface area contributed by atoms with Crippen LogP contribution in [0, 0.1) is 17.5 Å². The molecule has 1 saturated heterocycles. The Hall–Kier alpha value is -3.35. The minimum absolute atomic E-state index is 0.232. The minimum Gasteiger partial charge on any atom is -0.492 e. The molecule has 5 rings (SSSR count). The highest BCUT2D eigenvalue weighted by atomic mass is 19.2. The Morgan fingerprint density at radius 1 is 0.833 bits per heavy atom. The number of fused-ring (bicyclic) bond motifs is 1. The van der Waals surface area contributed by atoms with Gasteiger partial charge in [-0.05, 0) is 66.0 Å². The molecule has 4 aromatic carbocycles. The first-order valence-corrected chi connectivity index (χ1v) is 12.3. The zero-order valence-electron chi connectivity index (χ0n) is 19.9. The Kier molecular flexibility index (Phi) is 7.25. The maximum atomic E-state index is 14.8. The zero-order chi connectivity index (χ0) is 25.1. The monoisotopic (exact) mass is 491 g/mol. The molecule has 4 aromatic rings. The molecule has 1 aliphatic rings. The average molecular weight is 492 g/mol. The first-order chi connectivity index (χ1) is 17.5. The fourth-order valence-corrected chi connectivity index (χ4v) is 4.97. The number of rotatable bonds is 7. The number of ether oxygens (including phenoxy) is 1.